The van der Waals surface area contributed by atoms with E-state index in [0.29, 0.717) is 37.3 Å². The quantitative estimate of drug-likeness (QED) is 0.787. The lowest BCUT2D eigenvalue weighted by Crippen LogP contribution is -2.32. The van der Waals surface area contributed by atoms with Crippen LogP contribution in [0.2, 0.25) is 0 Å². The number of amides is 2. The highest BCUT2D eigenvalue weighted by atomic mass is 16.5. The van der Waals surface area contributed by atoms with Gasteiger partial charge in [0.2, 0.25) is 11.8 Å². The maximum Gasteiger partial charge on any atom is 0.224 e. The first-order valence-electron chi connectivity index (χ1n) is 8.39. The third kappa shape index (κ3) is 5.44. The van der Waals surface area contributed by atoms with Gasteiger partial charge in [0.15, 0.2) is 0 Å². The number of nitrogens with one attached hydrogen (secondary N) is 1. The van der Waals surface area contributed by atoms with Crippen LogP contribution in [0.25, 0.3) is 0 Å². The van der Waals surface area contributed by atoms with Crippen molar-refractivity contribution in [1.82, 2.24) is 10.2 Å². The van der Waals surface area contributed by atoms with Gasteiger partial charge in [-0.1, -0.05) is 0 Å². The van der Waals surface area contributed by atoms with E-state index < -0.39 is 0 Å². The smallest absolute Gasteiger partial charge is 0.224 e. The fourth-order valence-electron chi connectivity index (χ4n) is 2.79. The van der Waals surface area contributed by atoms with E-state index in [4.69, 9.17) is 9.47 Å². The number of nitrogens with zero attached hydrogens (tertiary/aromatic N) is 1. The monoisotopic (exact) mass is 334 g/mol. The van der Waals surface area contributed by atoms with Gasteiger partial charge in [-0.2, -0.15) is 0 Å². The molecule has 132 valence electrons. The number of likely N-dealkylation sites (tertiary alicyclic amines) is 1. The molecule has 1 aliphatic heterocycles. The molecular weight excluding hydrogens is 308 g/mol. The molecule has 0 saturated carbocycles. The zero-order valence-corrected chi connectivity index (χ0v) is 14.5. The number of methoxy groups -OCH3 is 2. The van der Waals surface area contributed by atoms with Crippen molar-refractivity contribution in [2.24, 2.45) is 0 Å². The molecule has 6 nitrogen and oxygen atoms in total. The molecule has 0 radical (unpaired) electrons. The molecule has 0 unspecified atom stereocenters. The molecule has 0 aromatic heterocycles. The van der Waals surface area contributed by atoms with Crippen molar-refractivity contribution in [1.29, 1.82) is 0 Å². The molecule has 6 heteroatoms. The van der Waals surface area contributed by atoms with E-state index in [0.717, 1.165) is 31.5 Å². The molecule has 1 aromatic rings. The Bertz CT molecular complexity index is 546. The van der Waals surface area contributed by atoms with Gasteiger partial charge in [0.25, 0.3) is 0 Å². The van der Waals surface area contributed by atoms with E-state index in [1.165, 1.54) is 0 Å². The minimum absolute atomic E-state index is 0.0500. The number of ether oxygens (including phenoxy) is 2. The molecule has 0 aliphatic carbocycles. The average Bonchev–Trinajstić information content (AvgIpc) is 3.14. The summed E-state index contributed by atoms with van der Waals surface area (Å²) in [6, 6.07) is 5.59. The first-order valence-corrected chi connectivity index (χ1v) is 8.39. The van der Waals surface area contributed by atoms with Crippen LogP contribution in [-0.4, -0.2) is 50.6 Å². The van der Waals surface area contributed by atoms with Crippen LogP contribution >= 0.6 is 0 Å². The summed E-state index contributed by atoms with van der Waals surface area (Å²) in [6.07, 6.45) is 3.51. The van der Waals surface area contributed by atoms with Crippen LogP contribution in [0.3, 0.4) is 0 Å². The Kier molecular flexibility index (Phi) is 6.90. The lowest BCUT2D eigenvalue weighted by Gasteiger charge is -2.15. The van der Waals surface area contributed by atoms with Crippen LogP contribution in [0.4, 0.5) is 0 Å². The molecule has 1 saturated heterocycles. The van der Waals surface area contributed by atoms with Crippen molar-refractivity contribution in [3.63, 3.8) is 0 Å². The zero-order valence-electron chi connectivity index (χ0n) is 14.5. The fraction of sp³-hybridized carbons (Fsp3) is 0.556. The Morgan fingerprint density at radius 3 is 2.25 bits per heavy atom. The molecule has 1 fully saturated rings. The lowest BCUT2D eigenvalue weighted by atomic mass is 10.1. The van der Waals surface area contributed by atoms with Crippen LogP contribution in [0.5, 0.6) is 11.5 Å². The molecule has 24 heavy (non-hydrogen) atoms. The normalized spacial score (nSPS) is 13.7. The van der Waals surface area contributed by atoms with E-state index in [-0.39, 0.29) is 11.8 Å². The van der Waals surface area contributed by atoms with Gasteiger partial charge in [-0.05, 0) is 37.0 Å². The number of hydrogen-bond donors (Lipinski definition) is 1. The van der Waals surface area contributed by atoms with Crippen LogP contribution in [0.1, 0.15) is 31.2 Å². The molecule has 0 bridgehead atoms. The Morgan fingerprint density at radius 2 is 1.67 bits per heavy atom. The van der Waals surface area contributed by atoms with E-state index in [1.54, 1.807) is 20.3 Å². The topological polar surface area (TPSA) is 67.9 Å². The van der Waals surface area contributed by atoms with Gasteiger partial charge in [0.05, 0.1) is 14.2 Å². The molecule has 1 heterocycles. The maximum absolute atomic E-state index is 11.9. The third-order valence-electron chi connectivity index (χ3n) is 4.17. The number of carbonyl (C=O) groups excluding carboxylic acids is 2. The molecule has 0 atom stereocenters. The second-order valence-electron chi connectivity index (χ2n) is 5.91. The summed E-state index contributed by atoms with van der Waals surface area (Å²) in [6.45, 7) is 2.10. The Balaban J connectivity index is 1.71. The highest BCUT2D eigenvalue weighted by Gasteiger charge is 2.17. The van der Waals surface area contributed by atoms with Gasteiger partial charge in [-0.3, -0.25) is 9.59 Å². The number of carbonyl (C=O) groups is 2. The van der Waals surface area contributed by atoms with Gasteiger partial charge >= 0.3 is 0 Å². The summed E-state index contributed by atoms with van der Waals surface area (Å²) < 4.78 is 10.4. The minimum atomic E-state index is -0.0500. The molecule has 1 aliphatic rings. The first-order chi connectivity index (χ1) is 11.6. The van der Waals surface area contributed by atoms with Gasteiger partial charge < -0.3 is 19.7 Å². The molecule has 1 N–H and O–H groups in total. The lowest BCUT2D eigenvalue weighted by molar-refractivity contribution is -0.130. The first kappa shape index (κ1) is 18.1. The average molecular weight is 334 g/mol. The number of rotatable bonds is 8. The summed E-state index contributed by atoms with van der Waals surface area (Å²) in [4.78, 5) is 25.7. The number of hydrogen-bond acceptors (Lipinski definition) is 4. The predicted molar refractivity (Wildman–Crippen MR) is 91.3 cm³/mol. The Hall–Kier alpha value is -2.24. The highest BCUT2D eigenvalue weighted by Crippen LogP contribution is 2.23. The van der Waals surface area contributed by atoms with Gasteiger partial charge in [-0.15, -0.1) is 0 Å². The second-order valence-corrected chi connectivity index (χ2v) is 5.91. The van der Waals surface area contributed by atoms with Crippen molar-refractivity contribution >= 4 is 11.8 Å². The summed E-state index contributed by atoms with van der Waals surface area (Å²) >= 11 is 0. The standard InChI is InChI=1S/C18H26N2O4/c1-23-15-11-14(12-16(13-15)24-2)5-6-17(21)19-8-7-18(22)20-9-3-4-10-20/h11-13H,3-10H2,1-2H3,(H,19,21). The molecule has 1 aromatic carbocycles. The largest absolute Gasteiger partial charge is 0.497 e. The second kappa shape index (κ2) is 9.15. The Morgan fingerprint density at radius 1 is 1.04 bits per heavy atom. The number of aryl methyl sites for hydroxylation is 1. The van der Waals surface area contributed by atoms with Crippen molar-refractivity contribution in [2.45, 2.75) is 32.1 Å². The van der Waals surface area contributed by atoms with E-state index in [1.807, 2.05) is 17.0 Å². The predicted octanol–water partition coefficient (Wildman–Crippen LogP) is 1.77. The summed E-state index contributed by atoms with van der Waals surface area (Å²) in [7, 11) is 3.20. The van der Waals surface area contributed by atoms with E-state index in [9.17, 15) is 9.59 Å². The van der Waals surface area contributed by atoms with Gasteiger partial charge in [0.1, 0.15) is 11.5 Å². The van der Waals surface area contributed by atoms with Crippen LogP contribution < -0.4 is 14.8 Å². The highest BCUT2D eigenvalue weighted by molar-refractivity contribution is 5.79. The van der Waals surface area contributed by atoms with Gasteiger partial charge in [-0.25, -0.2) is 0 Å². The number of benzene rings is 1. The fourth-order valence-corrected chi connectivity index (χ4v) is 2.79. The van der Waals surface area contributed by atoms with Crippen molar-refractivity contribution in [3.8, 4) is 11.5 Å². The minimum Gasteiger partial charge on any atom is -0.497 e. The van der Waals surface area contributed by atoms with Gasteiger partial charge in [0, 0.05) is 38.5 Å². The van der Waals surface area contributed by atoms with Crippen LogP contribution in [0, 0.1) is 0 Å². The van der Waals surface area contributed by atoms with Crippen molar-refractivity contribution < 1.29 is 19.1 Å². The summed E-state index contributed by atoms with van der Waals surface area (Å²) in [5.74, 6) is 1.50. The van der Waals surface area contributed by atoms with Crippen molar-refractivity contribution in [3.05, 3.63) is 23.8 Å². The Labute approximate surface area is 143 Å². The summed E-state index contributed by atoms with van der Waals surface area (Å²) in [5.41, 5.74) is 0.981. The molecule has 2 rings (SSSR count). The summed E-state index contributed by atoms with van der Waals surface area (Å²) in [5, 5.41) is 2.82. The molecular formula is C18H26N2O4. The maximum atomic E-state index is 11.9. The van der Waals surface area contributed by atoms with Crippen LogP contribution in [0.15, 0.2) is 18.2 Å². The third-order valence-corrected chi connectivity index (χ3v) is 4.17. The van der Waals surface area contributed by atoms with Crippen LogP contribution in [-0.2, 0) is 16.0 Å². The van der Waals surface area contributed by atoms with E-state index >= 15 is 0 Å². The zero-order chi connectivity index (χ0) is 17.4. The van der Waals surface area contributed by atoms with Crippen molar-refractivity contribution in [2.75, 3.05) is 33.9 Å². The molecule has 2 amide bonds. The van der Waals surface area contributed by atoms with E-state index in [2.05, 4.69) is 5.32 Å². The molecule has 0 spiro atoms. The SMILES string of the molecule is COc1cc(CCC(=O)NCCC(=O)N2CCCC2)cc(OC)c1.